The first kappa shape index (κ1) is 16.1. The molecule has 118 valence electrons. The Labute approximate surface area is 124 Å². The van der Waals surface area contributed by atoms with Gasteiger partial charge in [0.1, 0.15) is 0 Å². The van der Waals surface area contributed by atoms with E-state index in [-0.39, 0.29) is 6.04 Å². The summed E-state index contributed by atoms with van der Waals surface area (Å²) in [6.07, 6.45) is 3.02. The van der Waals surface area contributed by atoms with Crippen molar-refractivity contribution < 1.29 is 13.2 Å². The third kappa shape index (κ3) is 3.70. The summed E-state index contributed by atoms with van der Waals surface area (Å²) >= 11 is 0. The zero-order chi connectivity index (χ0) is 15.6. The average molecular weight is 300 g/mol. The molecule has 0 aromatic carbocycles. The molecule has 1 saturated heterocycles. The highest BCUT2D eigenvalue weighted by molar-refractivity contribution is 5.41. The van der Waals surface area contributed by atoms with E-state index in [1.807, 2.05) is 18.0 Å². The summed E-state index contributed by atoms with van der Waals surface area (Å²) in [5.41, 5.74) is 0.274. The molecule has 21 heavy (non-hydrogen) atoms. The van der Waals surface area contributed by atoms with Crippen molar-refractivity contribution in [2.24, 2.45) is 0 Å². The van der Waals surface area contributed by atoms with Crippen LogP contribution in [0.15, 0.2) is 35.1 Å². The number of likely N-dealkylation sites (tertiary alicyclic amines) is 1. The molecule has 1 atom stereocenters. The van der Waals surface area contributed by atoms with Gasteiger partial charge in [0, 0.05) is 25.3 Å². The molecule has 0 spiro atoms. The summed E-state index contributed by atoms with van der Waals surface area (Å²) in [7, 11) is 3.79. The fourth-order valence-corrected chi connectivity index (χ4v) is 3.09. The van der Waals surface area contributed by atoms with Crippen molar-refractivity contribution in [3.8, 4) is 0 Å². The highest BCUT2D eigenvalue weighted by atomic mass is 19.4. The third-order valence-electron chi connectivity index (χ3n) is 4.34. The summed E-state index contributed by atoms with van der Waals surface area (Å²) in [6, 6.07) is 0.138. The molecule has 0 bridgehead atoms. The molecule has 5 heteroatoms. The molecule has 0 unspecified atom stereocenters. The van der Waals surface area contributed by atoms with Gasteiger partial charge in [0.2, 0.25) is 0 Å². The lowest BCUT2D eigenvalue weighted by atomic mass is 9.97. The molecule has 2 rings (SSSR count). The lowest BCUT2D eigenvalue weighted by molar-refractivity contribution is -0.0925. The first-order valence-electron chi connectivity index (χ1n) is 7.36. The SMILES string of the molecule is C\C1=C(C(F)(F)F)/C(N(C)[C@H]2CCN(C)C2)=C\C=C/CC1. The van der Waals surface area contributed by atoms with E-state index in [4.69, 9.17) is 0 Å². The van der Waals surface area contributed by atoms with Gasteiger partial charge in [-0.1, -0.05) is 17.7 Å². The van der Waals surface area contributed by atoms with Crippen LogP contribution in [-0.4, -0.2) is 49.2 Å². The second-order valence-electron chi connectivity index (χ2n) is 5.99. The minimum absolute atomic E-state index is 0.138. The Hall–Kier alpha value is -1.23. The van der Waals surface area contributed by atoms with E-state index in [1.165, 1.54) is 0 Å². The Bertz CT molecular complexity index is 474. The van der Waals surface area contributed by atoms with Crippen LogP contribution in [0.25, 0.3) is 0 Å². The summed E-state index contributed by atoms with van der Waals surface area (Å²) in [4.78, 5) is 3.97. The number of allylic oxidation sites excluding steroid dienone is 5. The van der Waals surface area contributed by atoms with Crippen LogP contribution in [0.5, 0.6) is 0 Å². The Morgan fingerprint density at radius 3 is 2.62 bits per heavy atom. The molecular formula is C16H23F3N2. The predicted octanol–water partition coefficient (Wildman–Crippen LogP) is 3.74. The van der Waals surface area contributed by atoms with Crippen molar-refractivity contribution in [2.75, 3.05) is 27.2 Å². The number of likely N-dealkylation sites (N-methyl/N-ethyl adjacent to an activating group) is 2. The van der Waals surface area contributed by atoms with Gasteiger partial charge in [0.05, 0.1) is 5.57 Å². The van der Waals surface area contributed by atoms with Crippen LogP contribution in [-0.2, 0) is 0 Å². The van der Waals surface area contributed by atoms with E-state index in [9.17, 15) is 13.2 Å². The second-order valence-corrected chi connectivity index (χ2v) is 5.99. The first-order valence-corrected chi connectivity index (χ1v) is 7.36. The normalized spacial score (nSPS) is 32.3. The van der Waals surface area contributed by atoms with Gasteiger partial charge in [-0.3, -0.25) is 0 Å². The highest BCUT2D eigenvalue weighted by Crippen LogP contribution is 2.38. The van der Waals surface area contributed by atoms with Crippen molar-refractivity contribution >= 4 is 0 Å². The minimum Gasteiger partial charge on any atom is -0.370 e. The maximum absolute atomic E-state index is 13.5. The van der Waals surface area contributed by atoms with Crippen molar-refractivity contribution in [1.82, 2.24) is 9.80 Å². The van der Waals surface area contributed by atoms with E-state index in [0.29, 0.717) is 24.1 Å². The standard InChI is InChI=1S/C16H23F3N2/c1-12-7-5-4-6-8-14(15(12)16(17,18)19)21(3)13-9-10-20(2)11-13/h4,6,8,13H,5,7,9-11H2,1-3H3/b6-4-,14-8+,15-12-/t13-/m0/s1. The molecule has 0 N–H and O–H groups in total. The molecule has 1 fully saturated rings. The van der Waals surface area contributed by atoms with Gasteiger partial charge in [-0.25, -0.2) is 0 Å². The predicted molar refractivity (Wildman–Crippen MR) is 78.9 cm³/mol. The van der Waals surface area contributed by atoms with Crippen LogP contribution in [0.1, 0.15) is 26.2 Å². The van der Waals surface area contributed by atoms with Gasteiger partial charge in [-0.2, -0.15) is 13.2 Å². The van der Waals surface area contributed by atoms with E-state index < -0.39 is 11.7 Å². The zero-order valence-electron chi connectivity index (χ0n) is 12.9. The molecule has 2 aliphatic rings. The number of hydrogen-bond acceptors (Lipinski definition) is 2. The molecule has 0 saturated carbocycles. The van der Waals surface area contributed by atoms with Crippen LogP contribution in [0.4, 0.5) is 13.2 Å². The maximum Gasteiger partial charge on any atom is 0.418 e. The number of halogens is 3. The zero-order valence-corrected chi connectivity index (χ0v) is 12.9. The number of nitrogens with zero attached hydrogens (tertiary/aromatic N) is 2. The molecule has 0 amide bonds. The van der Waals surface area contributed by atoms with Crippen LogP contribution >= 0.6 is 0 Å². The van der Waals surface area contributed by atoms with Crippen molar-refractivity contribution in [3.05, 3.63) is 35.1 Å². The molecule has 0 aromatic rings. The monoisotopic (exact) mass is 300 g/mol. The molecular weight excluding hydrogens is 277 g/mol. The summed E-state index contributed by atoms with van der Waals surface area (Å²) in [5, 5.41) is 0. The Kier molecular flexibility index (Phi) is 4.81. The fraction of sp³-hybridized carbons (Fsp3) is 0.625. The molecule has 1 aliphatic heterocycles. The van der Waals surface area contributed by atoms with E-state index in [1.54, 1.807) is 26.1 Å². The van der Waals surface area contributed by atoms with Gasteiger partial charge in [-0.15, -0.1) is 0 Å². The average Bonchev–Trinajstić information content (AvgIpc) is 2.78. The molecule has 0 radical (unpaired) electrons. The number of rotatable bonds is 2. The van der Waals surface area contributed by atoms with Crippen LogP contribution in [0, 0.1) is 0 Å². The Morgan fingerprint density at radius 2 is 2.05 bits per heavy atom. The number of alkyl halides is 3. The van der Waals surface area contributed by atoms with E-state index in [0.717, 1.165) is 19.5 Å². The van der Waals surface area contributed by atoms with Gasteiger partial charge in [-0.05, 0) is 45.9 Å². The smallest absolute Gasteiger partial charge is 0.370 e. The number of hydrogen-bond donors (Lipinski definition) is 0. The Balaban J connectivity index is 2.37. The van der Waals surface area contributed by atoms with Gasteiger partial charge >= 0.3 is 6.18 Å². The van der Waals surface area contributed by atoms with Crippen LogP contribution in [0.2, 0.25) is 0 Å². The third-order valence-corrected chi connectivity index (χ3v) is 4.34. The largest absolute Gasteiger partial charge is 0.418 e. The quantitative estimate of drug-likeness (QED) is 0.766. The van der Waals surface area contributed by atoms with Gasteiger partial charge < -0.3 is 9.80 Å². The lowest BCUT2D eigenvalue weighted by Crippen LogP contribution is -2.36. The molecule has 2 nitrogen and oxygen atoms in total. The van der Waals surface area contributed by atoms with Crippen molar-refractivity contribution in [2.45, 2.75) is 38.4 Å². The topological polar surface area (TPSA) is 6.48 Å². The van der Waals surface area contributed by atoms with Gasteiger partial charge in [0.25, 0.3) is 0 Å². The summed E-state index contributed by atoms with van der Waals surface area (Å²) in [5.74, 6) is 0. The van der Waals surface area contributed by atoms with Crippen molar-refractivity contribution in [1.29, 1.82) is 0 Å². The highest BCUT2D eigenvalue weighted by Gasteiger charge is 2.40. The first-order chi connectivity index (χ1) is 9.80. The summed E-state index contributed by atoms with van der Waals surface area (Å²) < 4.78 is 40.6. The minimum atomic E-state index is -4.31. The fourth-order valence-electron chi connectivity index (χ4n) is 3.09. The molecule has 1 aliphatic carbocycles. The Morgan fingerprint density at radius 1 is 1.33 bits per heavy atom. The molecule has 0 aromatic heterocycles. The maximum atomic E-state index is 13.5. The van der Waals surface area contributed by atoms with Gasteiger partial charge in [0.15, 0.2) is 0 Å². The lowest BCUT2D eigenvalue weighted by Gasteiger charge is -2.32. The second kappa shape index (κ2) is 6.26. The summed E-state index contributed by atoms with van der Waals surface area (Å²) in [6.45, 7) is 3.34. The van der Waals surface area contributed by atoms with Crippen molar-refractivity contribution in [3.63, 3.8) is 0 Å². The van der Waals surface area contributed by atoms with Crippen LogP contribution in [0.3, 0.4) is 0 Å². The van der Waals surface area contributed by atoms with Crippen LogP contribution < -0.4 is 0 Å². The van der Waals surface area contributed by atoms with E-state index in [2.05, 4.69) is 4.90 Å². The molecule has 1 heterocycles. The van der Waals surface area contributed by atoms with E-state index >= 15 is 0 Å².